The van der Waals surface area contributed by atoms with E-state index in [0.717, 1.165) is 0 Å². The number of amides is 1. The van der Waals surface area contributed by atoms with Crippen molar-refractivity contribution in [1.29, 1.82) is 0 Å². The molecule has 2 aromatic carbocycles. The molecule has 0 radical (unpaired) electrons. The van der Waals surface area contributed by atoms with Gasteiger partial charge in [-0.25, -0.2) is 0 Å². The highest BCUT2D eigenvalue weighted by molar-refractivity contribution is 6.32. The molecule has 0 aliphatic heterocycles. The number of nitrogens with two attached hydrogens (primary N) is 1. The molecule has 0 fully saturated rings. The first-order chi connectivity index (χ1) is 10.0. The third kappa shape index (κ3) is 3.28. The molecule has 0 unspecified atom stereocenters. The van der Waals surface area contributed by atoms with Gasteiger partial charge >= 0.3 is 0 Å². The number of nitro groups is 1. The highest BCUT2D eigenvalue weighted by Gasteiger charge is 2.15. The van der Waals surface area contributed by atoms with Crippen LogP contribution in [0.25, 0.3) is 0 Å². The van der Waals surface area contributed by atoms with Gasteiger partial charge in [0.25, 0.3) is 11.6 Å². The number of hydrogen-bond donors (Lipinski definition) is 3. The van der Waals surface area contributed by atoms with Crippen molar-refractivity contribution in [2.75, 3.05) is 10.7 Å². The summed E-state index contributed by atoms with van der Waals surface area (Å²) in [6.45, 7) is 0. The van der Waals surface area contributed by atoms with E-state index in [1.54, 1.807) is 24.3 Å². The van der Waals surface area contributed by atoms with Crippen LogP contribution in [0.5, 0.6) is 0 Å². The predicted molar refractivity (Wildman–Crippen MR) is 80.3 cm³/mol. The molecule has 8 heteroatoms. The van der Waals surface area contributed by atoms with Crippen LogP contribution in [0.1, 0.15) is 10.4 Å². The molecule has 7 nitrogen and oxygen atoms in total. The zero-order chi connectivity index (χ0) is 15.4. The van der Waals surface area contributed by atoms with Crippen molar-refractivity contribution in [2.45, 2.75) is 0 Å². The number of nitrogen functional groups attached to an aromatic ring is 1. The lowest BCUT2D eigenvalue weighted by Crippen LogP contribution is -2.17. The first-order valence-corrected chi connectivity index (χ1v) is 6.21. The standard InChI is InChI=1S/C13H11ClN4O3/c14-10-6-5-8(7-12(10)18(20)21)16-13(19)9-3-1-2-4-11(9)17-15/h1-7,17H,15H2,(H,16,19). The average Bonchev–Trinajstić information content (AvgIpc) is 2.48. The van der Waals surface area contributed by atoms with E-state index in [0.29, 0.717) is 11.3 Å². The minimum Gasteiger partial charge on any atom is -0.323 e. The zero-order valence-electron chi connectivity index (χ0n) is 10.7. The maximum atomic E-state index is 12.2. The molecular formula is C13H11ClN4O3. The molecule has 0 saturated carbocycles. The van der Waals surface area contributed by atoms with E-state index in [4.69, 9.17) is 17.4 Å². The van der Waals surface area contributed by atoms with Gasteiger partial charge in [-0.05, 0) is 24.3 Å². The van der Waals surface area contributed by atoms with Gasteiger partial charge in [-0.15, -0.1) is 0 Å². The lowest BCUT2D eigenvalue weighted by atomic mass is 10.1. The van der Waals surface area contributed by atoms with E-state index in [1.165, 1.54) is 18.2 Å². The average molecular weight is 307 g/mol. The summed E-state index contributed by atoms with van der Waals surface area (Å²) in [5.74, 6) is 4.88. The van der Waals surface area contributed by atoms with Crippen LogP contribution in [0.3, 0.4) is 0 Å². The molecule has 2 rings (SSSR count). The number of rotatable bonds is 4. The predicted octanol–water partition coefficient (Wildman–Crippen LogP) is 2.79. The van der Waals surface area contributed by atoms with Gasteiger partial charge < -0.3 is 10.7 Å². The maximum absolute atomic E-state index is 12.2. The fourth-order valence-electron chi connectivity index (χ4n) is 1.74. The van der Waals surface area contributed by atoms with Gasteiger partial charge in [-0.2, -0.15) is 0 Å². The number of carbonyl (C=O) groups excluding carboxylic acids is 1. The zero-order valence-corrected chi connectivity index (χ0v) is 11.4. The van der Waals surface area contributed by atoms with E-state index in [1.807, 2.05) is 0 Å². The molecule has 0 saturated heterocycles. The van der Waals surface area contributed by atoms with Crippen LogP contribution in [0, 0.1) is 10.1 Å². The molecule has 0 heterocycles. The minimum atomic E-state index is -0.618. The van der Waals surface area contributed by atoms with Crippen molar-refractivity contribution in [3.8, 4) is 0 Å². The van der Waals surface area contributed by atoms with Crippen LogP contribution in [-0.4, -0.2) is 10.8 Å². The summed E-state index contributed by atoms with van der Waals surface area (Å²) in [4.78, 5) is 22.3. The third-order valence-electron chi connectivity index (χ3n) is 2.73. The fraction of sp³-hybridized carbons (Fsp3) is 0. The SMILES string of the molecule is NNc1ccccc1C(=O)Nc1ccc(Cl)c([N+](=O)[O-])c1. The summed E-state index contributed by atoms with van der Waals surface area (Å²) in [5, 5.41) is 13.4. The summed E-state index contributed by atoms with van der Waals surface area (Å²) < 4.78 is 0. The molecule has 0 atom stereocenters. The van der Waals surface area contributed by atoms with Gasteiger partial charge in [0.2, 0.25) is 0 Å². The molecule has 1 amide bonds. The molecule has 0 aliphatic carbocycles. The van der Waals surface area contributed by atoms with Crippen molar-refractivity contribution in [1.82, 2.24) is 0 Å². The van der Waals surface area contributed by atoms with Crippen LogP contribution < -0.4 is 16.6 Å². The van der Waals surface area contributed by atoms with Crippen LogP contribution >= 0.6 is 11.6 Å². The van der Waals surface area contributed by atoms with Gasteiger partial charge in [0.1, 0.15) is 5.02 Å². The second-order valence-electron chi connectivity index (χ2n) is 4.07. The molecule has 0 aliphatic rings. The van der Waals surface area contributed by atoms with Crippen molar-refractivity contribution in [3.05, 3.63) is 63.2 Å². The Balaban J connectivity index is 2.28. The molecule has 21 heavy (non-hydrogen) atoms. The second-order valence-corrected chi connectivity index (χ2v) is 4.47. The second kappa shape index (κ2) is 6.21. The van der Waals surface area contributed by atoms with Gasteiger partial charge in [-0.1, -0.05) is 23.7 Å². The monoisotopic (exact) mass is 306 g/mol. The lowest BCUT2D eigenvalue weighted by Gasteiger charge is -2.09. The third-order valence-corrected chi connectivity index (χ3v) is 3.05. The highest BCUT2D eigenvalue weighted by atomic mass is 35.5. The van der Waals surface area contributed by atoms with Gasteiger partial charge in [0, 0.05) is 11.8 Å². The number of carbonyl (C=O) groups is 1. The topological polar surface area (TPSA) is 110 Å². The van der Waals surface area contributed by atoms with Gasteiger partial charge in [0.15, 0.2) is 0 Å². The molecule has 0 spiro atoms. The van der Waals surface area contributed by atoms with Gasteiger partial charge in [0.05, 0.1) is 16.2 Å². The molecule has 0 bridgehead atoms. The largest absolute Gasteiger partial charge is 0.323 e. The van der Waals surface area contributed by atoms with Crippen LogP contribution in [0.15, 0.2) is 42.5 Å². The van der Waals surface area contributed by atoms with Crippen molar-refractivity contribution < 1.29 is 9.72 Å². The number of halogens is 1. The van der Waals surface area contributed by atoms with E-state index in [2.05, 4.69) is 10.7 Å². The normalized spacial score (nSPS) is 10.0. The van der Waals surface area contributed by atoms with Crippen molar-refractivity contribution in [3.63, 3.8) is 0 Å². The number of nitrogens with zero attached hydrogens (tertiary/aromatic N) is 1. The van der Waals surface area contributed by atoms with Crippen LogP contribution in [-0.2, 0) is 0 Å². The summed E-state index contributed by atoms with van der Waals surface area (Å²) in [5.41, 5.74) is 3.16. The Kier molecular flexibility index (Phi) is 4.36. The molecule has 4 N–H and O–H groups in total. The summed E-state index contributed by atoms with van der Waals surface area (Å²) in [6.07, 6.45) is 0. The summed E-state index contributed by atoms with van der Waals surface area (Å²) >= 11 is 5.71. The van der Waals surface area contributed by atoms with Crippen molar-refractivity contribution in [2.24, 2.45) is 5.84 Å². The Morgan fingerprint density at radius 2 is 1.95 bits per heavy atom. The first kappa shape index (κ1) is 14.8. The number of hydrogen-bond acceptors (Lipinski definition) is 5. The quantitative estimate of drug-likeness (QED) is 0.457. The highest BCUT2D eigenvalue weighted by Crippen LogP contribution is 2.27. The molecular weight excluding hydrogens is 296 g/mol. The Labute approximate surface area is 124 Å². The van der Waals surface area contributed by atoms with Crippen LogP contribution in [0.4, 0.5) is 17.1 Å². The Hall–Kier alpha value is -2.64. The fourth-order valence-corrected chi connectivity index (χ4v) is 1.92. The Morgan fingerprint density at radius 1 is 1.24 bits per heavy atom. The number of nitrogens with one attached hydrogen (secondary N) is 2. The Bertz CT molecular complexity index is 706. The van der Waals surface area contributed by atoms with Crippen LogP contribution in [0.2, 0.25) is 5.02 Å². The maximum Gasteiger partial charge on any atom is 0.289 e. The molecule has 108 valence electrons. The lowest BCUT2D eigenvalue weighted by molar-refractivity contribution is -0.384. The van der Waals surface area contributed by atoms with E-state index < -0.39 is 10.8 Å². The van der Waals surface area contributed by atoms with E-state index in [-0.39, 0.29) is 16.4 Å². The number of para-hydroxylation sites is 1. The minimum absolute atomic E-state index is 0.00187. The number of benzene rings is 2. The number of hydrazine groups is 1. The number of nitro benzene ring substituents is 1. The molecule has 0 aromatic heterocycles. The number of anilines is 2. The van der Waals surface area contributed by atoms with E-state index in [9.17, 15) is 14.9 Å². The summed E-state index contributed by atoms with van der Waals surface area (Å²) in [6, 6.07) is 10.6. The van der Waals surface area contributed by atoms with E-state index >= 15 is 0 Å². The smallest absolute Gasteiger partial charge is 0.289 e. The Morgan fingerprint density at radius 3 is 2.62 bits per heavy atom. The first-order valence-electron chi connectivity index (χ1n) is 5.84. The van der Waals surface area contributed by atoms with Crippen molar-refractivity contribution >= 4 is 34.6 Å². The summed E-state index contributed by atoms with van der Waals surface area (Å²) in [7, 11) is 0. The molecule has 2 aromatic rings. The van der Waals surface area contributed by atoms with Gasteiger partial charge in [-0.3, -0.25) is 20.8 Å².